The first-order valence-electron chi connectivity index (χ1n) is 5.20. The molecule has 0 rings (SSSR count). The second-order valence-corrected chi connectivity index (χ2v) is 3.53. The maximum Gasteiger partial charge on any atom is 0.0340 e. The van der Waals surface area contributed by atoms with Crippen LogP contribution < -0.4 is 5.32 Å². The fourth-order valence-corrected chi connectivity index (χ4v) is 1.07. The monoisotopic (exact) mass is 203 g/mol. The molecule has 0 aromatic carbocycles. The number of nitrogens with one attached hydrogen (secondary N) is 1. The molecule has 0 unspecified atom stereocenters. The minimum absolute atomic E-state index is 0.506. The van der Waals surface area contributed by atoms with E-state index in [0.717, 1.165) is 11.4 Å². The summed E-state index contributed by atoms with van der Waals surface area (Å²) in [6.45, 7) is 13.7. The molecule has 0 aliphatic rings. The molecule has 0 atom stereocenters. The van der Waals surface area contributed by atoms with Gasteiger partial charge in [-0.05, 0) is 25.0 Å². The van der Waals surface area contributed by atoms with Crippen molar-refractivity contribution in [3.63, 3.8) is 0 Å². The highest BCUT2D eigenvalue weighted by Gasteiger charge is 1.94. The zero-order valence-electron chi connectivity index (χ0n) is 9.96. The molecule has 1 heteroatoms. The molecule has 0 aliphatic carbocycles. The number of hydrogen-bond acceptors (Lipinski definition) is 1. The van der Waals surface area contributed by atoms with Crippen molar-refractivity contribution in [2.75, 3.05) is 0 Å². The van der Waals surface area contributed by atoms with Crippen molar-refractivity contribution in [3.8, 4) is 0 Å². The lowest BCUT2D eigenvalue weighted by Gasteiger charge is -2.09. The van der Waals surface area contributed by atoms with E-state index in [1.807, 2.05) is 31.2 Å². The van der Waals surface area contributed by atoms with Gasteiger partial charge in [-0.3, -0.25) is 0 Å². The normalized spacial score (nSPS) is 13.3. The first kappa shape index (κ1) is 13.5. The van der Waals surface area contributed by atoms with Gasteiger partial charge < -0.3 is 5.32 Å². The second-order valence-electron chi connectivity index (χ2n) is 3.53. The summed E-state index contributed by atoms with van der Waals surface area (Å²) in [4.78, 5) is 0. The van der Waals surface area contributed by atoms with E-state index in [-0.39, 0.29) is 0 Å². The maximum atomic E-state index is 3.78. The summed E-state index contributed by atoms with van der Waals surface area (Å²) in [6.07, 6.45) is 11.6. The first-order valence-corrected chi connectivity index (χ1v) is 5.20. The van der Waals surface area contributed by atoms with Gasteiger partial charge in [0, 0.05) is 11.4 Å². The average Bonchev–Trinajstić information content (AvgIpc) is 2.21. The van der Waals surface area contributed by atoms with Crippen LogP contribution in [-0.4, -0.2) is 0 Å². The zero-order chi connectivity index (χ0) is 11.7. The summed E-state index contributed by atoms with van der Waals surface area (Å²) in [5.74, 6) is 0.506. The standard InChI is InChI=1S/C14H21N/c1-6-9-10-13(7-2)15-14(8-3)11-12(4)5/h6-12,15H,1,3H2,2,4-5H3/b10-9-,13-7+,14-11+. The Morgan fingerprint density at radius 1 is 1.20 bits per heavy atom. The van der Waals surface area contributed by atoms with Crippen LogP contribution in [0.25, 0.3) is 0 Å². The van der Waals surface area contributed by atoms with Crippen LogP contribution in [0.15, 0.2) is 61.0 Å². The Bertz CT molecular complexity index is 290. The summed E-state index contributed by atoms with van der Waals surface area (Å²) >= 11 is 0. The largest absolute Gasteiger partial charge is 0.356 e. The lowest BCUT2D eigenvalue weighted by atomic mass is 10.2. The molecular formula is C14H21N. The Balaban J connectivity index is 4.59. The maximum absolute atomic E-state index is 3.78. The smallest absolute Gasteiger partial charge is 0.0340 e. The molecule has 0 saturated carbocycles. The van der Waals surface area contributed by atoms with Crippen LogP contribution in [0.3, 0.4) is 0 Å². The van der Waals surface area contributed by atoms with Crippen molar-refractivity contribution in [3.05, 3.63) is 61.0 Å². The molecule has 0 fully saturated rings. The third kappa shape index (κ3) is 6.55. The minimum atomic E-state index is 0.506. The summed E-state index contributed by atoms with van der Waals surface area (Å²) in [5, 5.41) is 3.29. The first-order chi connectivity index (χ1) is 7.13. The molecule has 0 saturated heterocycles. The molecule has 1 N–H and O–H groups in total. The molecule has 0 bridgehead atoms. The van der Waals surface area contributed by atoms with Gasteiger partial charge in [-0.25, -0.2) is 0 Å². The van der Waals surface area contributed by atoms with Gasteiger partial charge in [0.2, 0.25) is 0 Å². The van der Waals surface area contributed by atoms with Gasteiger partial charge >= 0.3 is 0 Å². The van der Waals surface area contributed by atoms with Gasteiger partial charge in [-0.1, -0.05) is 51.3 Å². The Morgan fingerprint density at radius 2 is 1.87 bits per heavy atom. The van der Waals surface area contributed by atoms with Crippen molar-refractivity contribution in [1.82, 2.24) is 5.32 Å². The SMILES string of the molecule is C=C/C=C\C(=C/C)N/C(C=C)=C/C(C)C. The van der Waals surface area contributed by atoms with Gasteiger partial charge in [0.1, 0.15) is 0 Å². The Labute approximate surface area is 93.6 Å². The van der Waals surface area contributed by atoms with Gasteiger partial charge in [-0.15, -0.1) is 0 Å². The average molecular weight is 203 g/mol. The molecule has 0 spiro atoms. The lowest BCUT2D eigenvalue weighted by molar-refractivity contribution is 0.812. The van der Waals surface area contributed by atoms with Crippen molar-refractivity contribution >= 4 is 0 Å². The molecule has 1 nitrogen and oxygen atoms in total. The molecule has 0 aromatic heterocycles. The van der Waals surface area contributed by atoms with Crippen LogP contribution in [0.1, 0.15) is 20.8 Å². The van der Waals surface area contributed by atoms with Gasteiger partial charge in [0.15, 0.2) is 0 Å². The van der Waals surface area contributed by atoms with E-state index in [1.165, 1.54) is 0 Å². The summed E-state index contributed by atoms with van der Waals surface area (Å²) < 4.78 is 0. The van der Waals surface area contributed by atoms with Crippen LogP contribution in [0, 0.1) is 5.92 Å². The molecule has 15 heavy (non-hydrogen) atoms. The Morgan fingerprint density at radius 3 is 2.27 bits per heavy atom. The van der Waals surface area contributed by atoms with Gasteiger partial charge in [0.25, 0.3) is 0 Å². The van der Waals surface area contributed by atoms with Crippen LogP contribution in [0.2, 0.25) is 0 Å². The zero-order valence-corrected chi connectivity index (χ0v) is 9.96. The number of allylic oxidation sites excluding steroid dienone is 6. The van der Waals surface area contributed by atoms with E-state index in [9.17, 15) is 0 Å². The molecular weight excluding hydrogens is 182 g/mol. The fourth-order valence-electron chi connectivity index (χ4n) is 1.07. The predicted molar refractivity (Wildman–Crippen MR) is 69.3 cm³/mol. The van der Waals surface area contributed by atoms with Crippen LogP contribution in [0.5, 0.6) is 0 Å². The quantitative estimate of drug-likeness (QED) is 0.645. The third-order valence-corrected chi connectivity index (χ3v) is 1.74. The molecule has 0 radical (unpaired) electrons. The molecule has 0 amide bonds. The van der Waals surface area contributed by atoms with Crippen molar-refractivity contribution in [2.24, 2.45) is 5.92 Å². The Kier molecular flexibility index (Phi) is 7.08. The van der Waals surface area contributed by atoms with Gasteiger partial charge in [-0.2, -0.15) is 0 Å². The minimum Gasteiger partial charge on any atom is -0.356 e. The van der Waals surface area contributed by atoms with E-state index in [0.29, 0.717) is 5.92 Å². The topological polar surface area (TPSA) is 12.0 Å². The van der Waals surface area contributed by atoms with E-state index in [2.05, 4.69) is 38.4 Å². The van der Waals surface area contributed by atoms with Gasteiger partial charge in [0.05, 0.1) is 0 Å². The summed E-state index contributed by atoms with van der Waals surface area (Å²) in [5.41, 5.74) is 2.08. The van der Waals surface area contributed by atoms with Crippen molar-refractivity contribution < 1.29 is 0 Å². The highest BCUT2D eigenvalue weighted by atomic mass is 14.9. The van der Waals surface area contributed by atoms with E-state index >= 15 is 0 Å². The second kappa shape index (κ2) is 7.86. The van der Waals surface area contributed by atoms with E-state index < -0.39 is 0 Å². The van der Waals surface area contributed by atoms with Crippen LogP contribution in [-0.2, 0) is 0 Å². The highest BCUT2D eigenvalue weighted by Crippen LogP contribution is 2.04. The van der Waals surface area contributed by atoms with E-state index in [4.69, 9.17) is 0 Å². The lowest BCUT2D eigenvalue weighted by Crippen LogP contribution is -2.10. The highest BCUT2D eigenvalue weighted by molar-refractivity contribution is 5.27. The van der Waals surface area contributed by atoms with Crippen molar-refractivity contribution in [2.45, 2.75) is 20.8 Å². The van der Waals surface area contributed by atoms with E-state index in [1.54, 1.807) is 6.08 Å². The third-order valence-electron chi connectivity index (χ3n) is 1.74. The summed E-state index contributed by atoms with van der Waals surface area (Å²) in [6, 6.07) is 0. The predicted octanol–water partition coefficient (Wildman–Crippen LogP) is 3.95. The molecule has 82 valence electrons. The number of hydrogen-bond donors (Lipinski definition) is 1. The molecule has 0 heterocycles. The fraction of sp³-hybridized carbons (Fsp3) is 0.286. The molecule has 0 aliphatic heterocycles. The molecule has 0 aromatic rings. The summed E-state index contributed by atoms with van der Waals surface area (Å²) in [7, 11) is 0. The van der Waals surface area contributed by atoms with Crippen LogP contribution >= 0.6 is 0 Å². The van der Waals surface area contributed by atoms with Crippen LogP contribution in [0.4, 0.5) is 0 Å². The number of rotatable bonds is 6. The van der Waals surface area contributed by atoms with Crippen molar-refractivity contribution in [1.29, 1.82) is 0 Å². The Hall–Kier alpha value is -1.50.